The fraction of sp³-hybridized carbons (Fsp3) is 0.857. The van der Waals surface area contributed by atoms with Gasteiger partial charge in [-0.25, -0.2) is 4.79 Å². The summed E-state index contributed by atoms with van der Waals surface area (Å²) in [4.78, 5) is 10.9. The van der Waals surface area contributed by atoms with E-state index in [4.69, 9.17) is 5.11 Å². The fourth-order valence-corrected chi connectivity index (χ4v) is 1.23. The van der Waals surface area contributed by atoms with Crippen molar-refractivity contribution in [2.75, 3.05) is 6.61 Å². The third-order valence-corrected chi connectivity index (χ3v) is 2.18. The van der Waals surface area contributed by atoms with Crippen LogP contribution in [0, 0.1) is 5.92 Å². The van der Waals surface area contributed by atoms with Crippen LogP contribution in [-0.2, 0) is 9.53 Å². The lowest BCUT2D eigenvalue weighted by molar-refractivity contribution is -0.164. The van der Waals surface area contributed by atoms with E-state index in [2.05, 4.69) is 4.74 Å². The second-order valence-corrected chi connectivity index (χ2v) is 3.00. The normalized spacial score (nSPS) is 40.4. The van der Waals surface area contributed by atoms with Gasteiger partial charge < -0.3 is 14.9 Å². The number of esters is 1. The summed E-state index contributed by atoms with van der Waals surface area (Å²) in [6, 6.07) is 0. The third kappa shape index (κ3) is 1.02. The number of ether oxygens (including phenoxy) is 1. The molecule has 0 radical (unpaired) electrons. The Kier molecular flexibility index (Phi) is 1.90. The molecular formula is C7H12O4. The molecule has 1 aliphatic rings. The number of rotatable bonds is 1. The van der Waals surface area contributed by atoms with Crippen molar-refractivity contribution >= 4 is 5.97 Å². The van der Waals surface area contributed by atoms with E-state index >= 15 is 0 Å². The standard InChI is InChI=1S/C7H12O4/c1-4-3-11-6(9)7(4,10)5(2)8/h4-5,8,10H,3H2,1-2H3/t4-,5+,7+/m1/s1. The van der Waals surface area contributed by atoms with E-state index in [0.717, 1.165) is 0 Å². The molecule has 2 N–H and O–H groups in total. The maximum absolute atomic E-state index is 10.9. The second kappa shape index (κ2) is 2.46. The van der Waals surface area contributed by atoms with Gasteiger partial charge in [-0.3, -0.25) is 0 Å². The lowest BCUT2D eigenvalue weighted by Gasteiger charge is -2.25. The van der Waals surface area contributed by atoms with E-state index in [1.54, 1.807) is 6.92 Å². The summed E-state index contributed by atoms with van der Waals surface area (Å²) >= 11 is 0. The van der Waals surface area contributed by atoms with Gasteiger partial charge in [-0.05, 0) is 6.92 Å². The smallest absolute Gasteiger partial charge is 0.341 e. The average molecular weight is 160 g/mol. The minimum absolute atomic E-state index is 0.181. The Morgan fingerprint density at radius 3 is 2.55 bits per heavy atom. The van der Waals surface area contributed by atoms with Crippen molar-refractivity contribution < 1.29 is 19.7 Å². The van der Waals surface area contributed by atoms with Crippen molar-refractivity contribution in [3.63, 3.8) is 0 Å². The van der Waals surface area contributed by atoms with Crippen LogP contribution in [0.3, 0.4) is 0 Å². The van der Waals surface area contributed by atoms with E-state index in [9.17, 15) is 9.90 Å². The van der Waals surface area contributed by atoms with Crippen molar-refractivity contribution in [2.24, 2.45) is 5.92 Å². The fourth-order valence-electron chi connectivity index (χ4n) is 1.23. The topological polar surface area (TPSA) is 66.8 Å². The van der Waals surface area contributed by atoms with Gasteiger partial charge in [-0.2, -0.15) is 0 Å². The van der Waals surface area contributed by atoms with Gasteiger partial charge in [0.15, 0.2) is 5.60 Å². The van der Waals surface area contributed by atoms with E-state index in [0.29, 0.717) is 0 Å². The third-order valence-electron chi connectivity index (χ3n) is 2.18. The zero-order valence-corrected chi connectivity index (χ0v) is 6.57. The van der Waals surface area contributed by atoms with Crippen LogP contribution < -0.4 is 0 Å². The van der Waals surface area contributed by atoms with Crippen molar-refractivity contribution in [1.29, 1.82) is 0 Å². The summed E-state index contributed by atoms with van der Waals surface area (Å²) in [5.41, 5.74) is -1.69. The molecule has 1 rings (SSSR count). The number of aliphatic hydroxyl groups excluding tert-OH is 1. The molecule has 1 aliphatic heterocycles. The Hall–Kier alpha value is -0.610. The van der Waals surface area contributed by atoms with Gasteiger partial charge >= 0.3 is 5.97 Å². The summed E-state index contributed by atoms with van der Waals surface area (Å²) in [6.45, 7) is 3.22. The minimum atomic E-state index is -1.69. The lowest BCUT2D eigenvalue weighted by Crippen LogP contribution is -2.49. The number of hydrogen-bond acceptors (Lipinski definition) is 4. The molecule has 1 fully saturated rings. The van der Waals surface area contributed by atoms with E-state index in [1.807, 2.05) is 0 Å². The summed E-state index contributed by atoms with van der Waals surface area (Å²) in [5, 5.41) is 18.7. The summed E-state index contributed by atoms with van der Waals surface area (Å²) in [6.07, 6.45) is -1.08. The molecule has 0 saturated carbocycles. The Labute approximate surface area is 64.8 Å². The molecule has 0 aromatic carbocycles. The number of hydrogen-bond donors (Lipinski definition) is 2. The Morgan fingerprint density at radius 1 is 1.82 bits per heavy atom. The van der Waals surface area contributed by atoms with Gasteiger partial charge in [0.2, 0.25) is 0 Å². The lowest BCUT2D eigenvalue weighted by atomic mass is 9.87. The molecule has 0 bridgehead atoms. The van der Waals surface area contributed by atoms with Gasteiger partial charge in [0.05, 0.1) is 12.7 Å². The number of aliphatic hydroxyl groups is 2. The monoisotopic (exact) mass is 160 g/mol. The first kappa shape index (κ1) is 8.49. The first-order valence-electron chi connectivity index (χ1n) is 3.57. The molecule has 64 valence electrons. The molecule has 4 nitrogen and oxygen atoms in total. The van der Waals surface area contributed by atoms with Gasteiger partial charge in [0.1, 0.15) is 0 Å². The van der Waals surface area contributed by atoms with Crippen molar-refractivity contribution in [3.05, 3.63) is 0 Å². The van der Waals surface area contributed by atoms with Gasteiger partial charge in [0.25, 0.3) is 0 Å². The second-order valence-electron chi connectivity index (χ2n) is 3.00. The summed E-state index contributed by atoms with van der Waals surface area (Å²) in [7, 11) is 0. The zero-order chi connectivity index (χ0) is 8.65. The maximum atomic E-state index is 10.9. The van der Waals surface area contributed by atoms with Crippen molar-refractivity contribution in [1.82, 2.24) is 0 Å². The SMILES string of the molecule is C[C@H](O)[C@]1(O)C(=O)OC[C@H]1C. The molecular weight excluding hydrogens is 148 g/mol. The van der Waals surface area contributed by atoms with Crippen LogP contribution in [0.4, 0.5) is 0 Å². The van der Waals surface area contributed by atoms with Crippen LogP contribution in [0.1, 0.15) is 13.8 Å². The predicted octanol–water partition coefficient (Wildman–Crippen LogP) is -0.709. The molecule has 4 heteroatoms. The van der Waals surface area contributed by atoms with Crippen LogP contribution in [0.5, 0.6) is 0 Å². The summed E-state index contributed by atoms with van der Waals surface area (Å²) < 4.78 is 4.59. The highest BCUT2D eigenvalue weighted by Gasteiger charge is 2.52. The zero-order valence-electron chi connectivity index (χ0n) is 6.57. The molecule has 11 heavy (non-hydrogen) atoms. The Morgan fingerprint density at radius 2 is 2.36 bits per heavy atom. The quantitative estimate of drug-likeness (QED) is 0.497. The van der Waals surface area contributed by atoms with Crippen molar-refractivity contribution in [2.45, 2.75) is 25.6 Å². The average Bonchev–Trinajstić information content (AvgIpc) is 2.18. The molecule has 3 atom stereocenters. The van der Waals surface area contributed by atoms with Crippen LogP contribution in [-0.4, -0.2) is 34.5 Å². The molecule has 1 heterocycles. The molecule has 0 amide bonds. The molecule has 0 aromatic rings. The van der Waals surface area contributed by atoms with Crippen LogP contribution in [0.15, 0.2) is 0 Å². The molecule has 0 spiro atoms. The van der Waals surface area contributed by atoms with E-state index in [-0.39, 0.29) is 12.5 Å². The highest BCUT2D eigenvalue weighted by molar-refractivity contribution is 5.82. The number of carbonyl (C=O) groups is 1. The first-order chi connectivity index (χ1) is 4.99. The summed E-state index contributed by atoms with van der Waals surface area (Å²) in [5.74, 6) is -1.06. The van der Waals surface area contributed by atoms with Crippen molar-refractivity contribution in [3.8, 4) is 0 Å². The van der Waals surface area contributed by atoms with Crippen LogP contribution >= 0.6 is 0 Å². The largest absolute Gasteiger partial charge is 0.463 e. The van der Waals surface area contributed by atoms with Crippen LogP contribution in [0.25, 0.3) is 0 Å². The highest BCUT2D eigenvalue weighted by atomic mass is 16.6. The minimum Gasteiger partial charge on any atom is -0.463 e. The molecule has 0 aliphatic carbocycles. The Balaban J connectivity index is 2.89. The van der Waals surface area contributed by atoms with Gasteiger partial charge in [-0.1, -0.05) is 6.92 Å². The number of carbonyl (C=O) groups excluding carboxylic acids is 1. The van der Waals surface area contributed by atoms with E-state index < -0.39 is 17.7 Å². The Bertz CT molecular complexity index is 177. The molecule has 0 unspecified atom stereocenters. The maximum Gasteiger partial charge on any atom is 0.341 e. The molecule has 1 saturated heterocycles. The van der Waals surface area contributed by atoms with Gasteiger partial charge in [0, 0.05) is 5.92 Å². The van der Waals surface area contributed by atoms with E-state index in [1.165, 1.54) is 6.92 Å². The highest BCUT2D eigenvalue weighted by Crippen LogP contribution is 2.29. The number of cyclic esters (lactones) is 1. The first-order valence-corrected chi connectivity index (χ1v) is 3.57. The predicted molar refractivity (Wildman–Crippen MR) is 36.8 cm³/mol. The van der Waals surface area contributed by atoms with Crippen LogP contribution in [0.2, 0.25) is 0 Å². The van der Waals surface area contributed by atoms with Gasteiger partial charge in [-0.15, -0.1) is 0 Å². The molecule has 0 aromatic heterocycles.